The smallest absolute Gasteiger partial charge is 0.271 e. The van der Waals surface area contributed by atoms with Crippen LogP contribution >= 0.6 is 0 Å². The van der Waals surface area contributed by atoms with E-state index in [0.717, 1.165) is 67.9 Å². The standard InChI is InChI=1S/C28H36N6O3/c1-18(2)13-21-14-25(33(3)32-21)26(35)29-20-9-11-28(12-10-20)16-34(17-28)27(36)24-15-23(30-31-24)19-5-7-22(37-4)8-6-19/h5-8,14-15,18,20H,9-13,16-17H2,1-4H3,(H,29,35)(H,30,31). The first-order valence-corrected chi connectivity index (χ1v) is 13.1. The Morgan fingerprint density at radius 3 is 2.51 bits per heavy atom. The molecule has 37 heavy (non-hydrogen) atoms. The Hall–Kier alpha value is -3.62. The largest absolute Gasteiger partial charge is 0.497 e. The van der Waals surface area contributed by atoms with Crippen molar-refractivity contribution in [1.82, 2.24) is 30.2 Å². The van der Waals surface area contributed by atoms with Crippen LogP contribution in [0.1, 0.15) is 66.2 Å². The van der Waals surface area contributed by atoms with Gasteiger partial charge in [0.05, 0.1) is 18.5 Å². The van der Waals surface area contributed by atoms with Crippen LogP contribution in [0.3, 0.4) is 0 Å². The molecule has 2 aromatic heterocycles. The zero-order valence-corrected chi connectivity index (χ0v) is 22.1. The first kappa shape index (κ1) is 25.0. The van der Waals surface area contributed by atoms with Gasteiger partial charge in [0.15, 0.2) is 0 Å². The van der Waals surface area contributed by atoms with Gasteiger partial charge in [0.25, 0.3) is 11.8 Å². The molecule has 1 aliphatic carbocycles. The number of aromatic amines is 1. The molecule has 9 heteroatoms. The zero-order valence-electron chi connectivity index (χ0n) is 22.1. The second kappa shape index (κ2) is 10.0. The fraction of sp³-hybridized carbons (Fsp3) is 0.500. The van der Waals surface area contributed by atoms with Crippen LogP contribution < -0.4 is 10.1 Å². The zero-order chi connectivity index (χ0) is 26.2. The highest BCUT2D eigenvalue weighted by molar-refractivity contribution is 5.94. The van der Waals surface area contributed by atoms with E-state index in [1.807, 2.05) is 48.3 Å². The molecule has 2 amide bonds. The van der Waals surface area contributed by atoms with Crippen LogP contribution in [0.2, 0.25) is 0 Å². The second-order valence-corrected chi connectivity index (χ2v) is 11.0. The molecule has 0 bridgehead atoms. The average Bonchev–Trinajstić information content (AvgIpc) is 3.49. The van der Waals surface area contributed by atoms with Gasteiger partial charge in [0.1, 0.15) is 17.1 Å². The molecule has 0 unspecified atom stereocenters. The van der Waals surface area contributed by atoms with E-state index < -0.39 is 0 Å². The highest BCUT2D eigenvalue weighted by atomic mass is 16.5. The van der Waals surface area contributed by atoms with Crippen LogP contribution in [0.4, 0.5) is 0 Å². The Balaban J connectivity index is 1.11. The van der Waals surface area contributed by atoms with E-state index in [9.17, 15) is 9.59 Å². The minimum atomic E-state index is -0.0525. The number of nitrogens with one attached hydrogen (secondary N) is 2. The minimum Gasteiger partial charge on any atom is -0.497 e. The molecule has 1 spiro atoms. The SMILES string of the molecule is COc1ccc(-c2cc(C(=O)N3CC4(CCC(NC(=O)c5cc(CC(C)C)nn5C)CC4)C3)[nH]n2)cc1. The van der Waals surface area contributed by atoms with Crippen molar-refractivity contribution >= 4 is 11.8 Å². The van der Waals surface area contributed by atoms with E-state index in [-0.39, 0.29) is 23.3 Å². The third-order valence-electron chi connectivity index (χ3n) is 7.70. The number of benzene rings is 1. The molecule has 0 radical (unpaired) electrons. The summed E-state index contributed by atoms with van der Waals surface area (Å²) in [6, 6.07) is 11.5. The van der Waals surface area contributed by atoms with E-state index in [1.54, 1.807) is 11.8 Å². The number of ether oxygens (including phenoxy) is 1. The van der Waals surface area contributed by atoms with Crippen molar-refractivity contribution in [2.75, 3.05) is 20.2 Å². The van der Waals surface area contributed by atoms with Crippen LogP contribution in [0.15, 0.2) is 36.4 Å². The average molecular weight is 505 g/mol. The maximum Gasteiger partial charge on any atom is 0.271 e. The van der Waals surface area contributed by atoms with Crippen LogP contribution in [-0.2, 0) is 13.5 Å². The summed E-state index contributed by atoms with van der Waals surface area (Å²) in [5.41, 5.74) is 3.91. The second-order valence-electron chi connectivity index (χ2n) is 11.0. The molecule has 196 valence electrons. The van der Waals surface area contributed by atoms with E-state index in [1.165, 1.54) is 0 Å². The van der Waals surface area contributed by atoms with Crippen LogP contribution in [-0.4, -0.2) is 62.9 Å². The third-order valence-corrected chi connectivity index (χ3v) is 7.70. The van der Waals surface area contributed by atoms with Crippen molar-refractivity contribution in [2.45, 2.75) is 52.0 Å². The van der Waals surface area contributed by atoms with Crippen molar-refractivity contribution in [2.24, 2.45) is 18.4 Å². The Kier molecular flexibility index (Phi) is 6.79. The molecule has 1 saturated carbocycles. The number of nitrogens with zero attached hydrogens (tertiary/aromatic N) is 4. The third kappa shape index (κ3) is 5.26. The number of carbonyl (C=O) groups excluding carboxylic acids is 2. The van der Waals surface area contributed by atoms with Gasteiger partial charge in [-0.1, -0.05) is 13.8 Å². The predicted molar refractivity (Wildman–Crippen MR) is 140 cm³/mol. The van der Waals surface area contributed by atoms with E-state index in [2.05, 4.69) is 34.5 Å². The number of likely N-dealkylation sites (tertiary alicyclic amines) is 1. The van der Waals surface area contributed by atoms with Crippen molar-refractivity contribution < 1.29 is 14.3 Å². The Morgan fingerprint density at radius 1 is 1.16 bits per heavy atom. The minimum absolute atomic E-state index is 0.0123. The molecule has 9 nitrogen and oxygen atoms in total. The lowest BCUT2D eigenvalue weighted by atomic mass is 9.67. The summed E-state index contributed by atoms with van der Waals surface area (Å²) in [6.07, 6.45) is 4.73. The highest BCUT2D eigenvalue weighted by Crippen LogP contribution is 2.44. The van der Waals surface area contributed by atoms with Crippen LogP contribution in [0.25, 0.3) is 11.3 Å². The summed E-state index contributed by atoms with van der Waals surface area (Å²) in [5, 5.41) is 14.9. The van der Waals surface area contributed by atoms with Gasteiger partial charge in [0.2, 0.25) is 0 Å². The van der Waals surface area contributed by atoms with Crippen LogP contribution in [0.5, 0.6) is 5.75 Å². The number of aryl methyl sites for hydroxylation is 1. The summed E-state index contributed by atoms with van der Waals surface area (Å²) in [4.78, 5) is 27.8. The molecular weight excluding hydrogens is 468 g/mol. The lowest BCUT2D eigenvalue weighted by Crippen LogP contribution is -2.60. The van der Waals surface area contributed by atoms with Gasteiger partial charge in [-0.25, -0.2) is 0 Å². The number of methoxy groups -OCH3 is 1. The number of amides is 2. The molecule has 2 aliphatic rings. The molecule has 5 rings (SSSR count). The number of hydrogen-bond acceptors (Lipinski definition) is 5. The van der Waals surface area contributed by atoms with Gasteiger partial charge in [-0.2, -0.15) is 10.2 Å². The molecule has 2 fully saturated rings. The molecule has 1 aliphatic heterocycles. The monoisotopic (exact) mass is 504 g/mol. The number of H-pyrrole nitrogens is 1. The molecule has 2 N–H and O–H groups in total. The van der Waals surface area contributed by atoms with Gasteiger partial charge in [-0.15, -0.1) is 0 Å². The molecule has 1 saturated heterocycles. The summed E-state index contributed by atoms with van der Waals surface area (Å²) in [5.74, 6) is 1.21. The van der Waals surface area contributed by atoms with Gasteiger partial charge in [-0.3, -0.25) is 19.4 Å². The summed E-state index contributed by atoms with van der Waals surface area (Å²) in [7, 11) is 3.46. The molecular formula is C28H36N6O3. The van der Waals surface area contributed by atoms with Gasteiger partial charge >= 0.3 is 0 Å². The fourth-order valence-corrected chi connectivity index (χ4v) is 5.63. The number of hydrogen-bond donors (Lipinski definition) is 2. The first-order chi connectivity index (χ1) is 17.7. The lowest BCUT2D eigenvalue weighted by molar-refractivity contribution is -0.0202. The van der Waals surface area contributed by atoms with Crippen molar-refractivity contribution in [3.8, 4) is 17.0 Å². The molecule has 1 aromatic carbocycles. The van der Waals surface area contributed by atoms with Gasteiger partial charge in [0, 0.05) is 37.2 Å². The quantitative estimate of drug-likeness (QED) is 0.509. The van der Waals surface area contributed by atoms with E-state index in [0.29, 0.717) is 17.3 Å². The normalized spacial score (nSPS) is 17.2. The Bertz CT molecular complexity index is 1260. The van der Waals surface area contributed by atoms with E-state index in [4.69, 9.17) is 4.74 Å². The number of rotatable bonds is 7. The van der Waals surface area contributed by atoms with Gasteiger partial charge in [-0.05, 0) is 74.4 Å². The Morgan fingerprint density at radius 2 is 1.86 bits per heavy atom. The van der Waals surface area contributed by atoms with Crippen LogP contribution in [0, 0.1) is 11.3 Å². The van der Waals surface area contributed by atoms with Crippen molar-refractivity contribution in [1.29, 1.82) is 0 Å². The predicted octanol–water partition coefficient (Wildman–Crippen LogP) is 3.83. The lowest BCUT2D eigenvalue weighted by Gasteiger charge is -2.53. The maximum absolute atomic E-state index is 13.0. The maximum atomic E-state index is 13.0. The summed E-state index contributed by atoms with van der Waals surface area (Å²) >= 11 is 0. The fourth-order valence-electron chi connectivity index (χ4n) is 5.63. The van der Waals surface area contributed by atoms with E-state index >= 15 is 0 Å². The molecule has 3 heterocycles. The van der Waals surface area contributed by atoms with Gasteiger partial charge < -0.3 is 15.0 Å². The molecule has 0 atom stereocenters. The first-order valence-electron chi connectivity index (χ1n) is 13.1. The highest BCUT2D eigenvalue weighted by Gasteiger charge is 2.47. The summed E-state index contributed by atoms with van der Waals surface area (Å²) in [6.45, 7) is 5.81. The molecule has 3 aromatic rings. The number of carbonyl (C=O) groups is 2. The number of aromatic nitrogens is 4. The van der Waals surface area contributed by atoms with Crippen molar-refractivity contribution in [3.63, 3.8) is 0 Å². The topological polar surface area (TPSA) is 105 Å². The van der Waals surface area contributed by atoms with Crippen molar-refractivity contribution in [3.05, 3.63) is 53.5 Å². The Labute approximate surface area is 217 Å². The summed E-state index contributed by atoms with van der Waals surface area (Å²) < 4.78 is 6.89.